The van der Waals surface area contributed by atoms with Crippen molar-refractivity contribution in [2.75, 3.05) is 12.5 Å². The van der Waals surface area contributed by atoms with Gasteiger partial charge in [-0.2, -0.15) is 0 Å². The number of hydrogen-bond donors (Lipinski definition) is 0. The third-order valence-corrected chi connectivity index (χ3v) is 16.4. The van der Waals surface area contributed by atoms with Crippen LogP contribution < -0.4 is 0 Å². The van der Waals surface area contributed by atoms with Crippen molar-refractivity contribution in [1.29, 1.82) is 0 Å². The van der Waals surface area contributed by atoms with Gasteiger partial charge in [0.15, 0.2) is 0 Å². The van der Waals surface area contributed by atoms with E-state index in [-0.39, 0.29) is 0 Å². The van der Waals surface area contributed by atoms with Gasteiger partial charge in [0.1, 0.15) is 0 Å². The minimum Gasteiger partial charge on any atom is -0.309 e. The fourth-order valence-electron chi connectivity index (χ4n) is 9.71. The molecule has 50 heavy (non-hydrogen) atoms. The summed E-state index contributed by atoms with van der Waals surface area (Å²) in [5.41, 5.74) is 12.6. The molecule has 0 saturated heterocycles. The Bertz CT molecular complexity index is 2920. The Labute approximate surface area is 292 Å². The third kappa shape index (κ3) is 3.33. The molecule has 0 amide bonds. The highest BCUT2D eigenvalue weighted by molar-refractivity contribution is 8.49. The maximum atomic E-state index is 2.60. The van der Waals surface area contributed by atoms with Crippen LogP contribution in [0.5, 0.6) is 0 Å². The summed E-state index contributed by atoms with van der Waals surface area (Å²) >= 11 is 0. The Morgan fingerprint density at radius 1 is 0.520 bits per heavy atom. The van der Waals surface area contributed by atoms with E-state index in [1.807, 2.05) is 0 Å². The van der Waals surface area contributed by atoms with Crippen LogP contribution in [-0.2, 0) is 5.41 Å². The van der Waals surface area contributed by atoms with E-state index in [9.17, 15) is 0 Å². The summed E-state index contributed by atoms with van der Waals surface area (Å²) in [6.07, 6.45) is 10.1. The molecule has 1 nitrogen and oxygen atoms in total. The van der Waals surface area contributed by atoms with E-state index in [0.717, 1.165) is 0 Å². The molecule has 2 heteroatoms. The molecular weight excluding hydrogens is 623 g/mol. The van der Waals surface area contributed by atoms with Gasteiger partial charge < -0.3 is 4.57 Å². The SMILES string of the molecule is CS12(C)=C(C=C(c3ccc(-c4cccc5ccccc45)cc3)C=C1)C1(c3ccccc3-n3c4ccccc4c4cccc1c43)c1ccccc12. The molecule has 0 radical (unpaired) electrons. The standard InChI is InChI=1S/C48H35NS/c1-50(2)30-29-35(32-25-27-34(28-26-32)37-17-11-14-33-13-3-4-15-36(33)37)31-46(50)48(41-20-7-10-24-45(41)50)40-19-6-9-23-44(40)49-43-22-8-5-16-38(43)39-18-12-21-42(48)47(39)49/h3-31H,1-2H3. The number of fused-ring (bicyclic) bond motifs is 12. The fourth-order valence-corrected chi connectivity index (χ4v) is 13.9. The van der Waals surface area contributed by atoms with Gasteiger partial charge in [0.05, 0.1) is 22.1 Å². The van der Waals surface area contributed by atoms with E-state index < -0.39 is 14.2 Å². The quantitative estimate of drug-likeness (QED) is 0.163. The summed E-state index contributed by atoms with van der Waals surface area (Å²) in [7, 11) is -2.42. The molecule has 3 aliphatic rings. The van der Waals surface area contributed by atoms with Gasteiger partial charge in [0.25, 0.3) is 0 Å². The molecule has 1 spiro atoms. The number of aromatic nitrogens is 1. The number of hydrogen-bond acceptors (Lipinski definition) is 0. The molecule has 1 unspecified atom stereocenters. The highest BCUT2D eigenvalue weighted by Gasteiger charge is 2.56. The smallest absolute Gasteiger partial charge is 0.0796 e. The van der Waals surface area contributed by atoms with E-state index in [1.165, 1.54) is 87.0 Å². The molecule has 8 aromatic rings. The van der Waals surface area contributed by atoms with Gasteiger partial charge in [-0.15, -0.1) is 0 Å². The number of para-hydroxylation sites is 3. The zero-order valence-corrected chi connectivity index (χ0v) is 28.9. The Kier molecular flexibility index (Phi) is 5.35. The first-order valence-electron chi connectivity index (χ1n) is 17.4. The summed E-state index contributed by atoms with van der Waals surface area (Å²) in [6, 6.07) is 59.0. The van der Waals surface area contributed by atoms with Crippen LogP contribution in [0.15, 0.2) is 180 Å². The number of allylic oxidation sites excluding steroid dienone is 3. The normalized spacial score (nSPS) is 19.9. The van der Waals surface area contributed by atoms with Gasteiger partial charge in [-0.3, -0.25) is 0 Å². The zero-order valence-electron chi connectivity index (χ0n) is 28.1. The summed E-state index contributed by atoms with van der Waals surface area (Å²) in [5.74, 6) is 0. The molecule has 3 aliphatic heterocycles. The Hall–Kier alpha value is -5.70. The molecule has 0 saturated carbocycles. The van der Waals surface area contributed by atoms with Gasteiger partial charge in [0, 0.05) is 10.8 Å². The predicted molar refractivity (Wildman–Crippen MR) is 216 cm³/mol. The van der Waals surface area contributed by atoms with Crippen molar-refractivity contribution in [3.63, 3.8) is 0 Å². The van der Waals surface area contributed by atoms with Gasteiger partial charge in [-0.05, 0) is 108 Å². The molecule has 1 atom stereocenters. The minimum absolute atomic E-state index is 0.429. The summed E-state index contributed by atoms with van der Waals surface area (Å²) in [6.45, 7) is 0. The number of nitrogens with zero attached hydrogens (tertiary/aromatic N) is 1. The zero-order chi connectivity index (χ0) is 33.3. The van der Waals surface area contributed by atoms with Crippen LogP contribution >= 0.6 is 8.75 Å². The molecule has 0 N–H and O–H groups in total. The van der Waals surface area contributed by atoms with E-state index in [0.29, 0.717) is 0 Å². The maximum absolute atomic E-state index is 2.60. The van der Waals surface area contributed by atoms with Crippen molar-refractivity contribution in [2.45, 2.75) is 10.3 Å². The lowest BCUT2D eigenvalue weighted by atomic mass is 9.64. The van der Waals surface area contributed by atoms with Crippen LogP contribution in [0.3, 0.4) is 0 Å². The molecule has 4 heterocycles. The van der Waals surface area contributed by atoms with Crippen molar-refractivity contribution in [3.8, 4) is 16.8 Å². The molecule has 238 valence electrons. The predicted octanol–water partition coefficient (Wildman–Crippen LogP) is 12.0. The molecule has 11 rings (SSSR count). The lowest BCUT2D eigenvalue weighted by Gasteiger charge is -2.45. The van der Waals surface area contributed by atoms with Crippen molar-refractivity contribution in [1.82, 2.24) is 4.57 Å². The topological polar surface area (TPSA) is 4.93 Å². The van der Waals surface area contributed by atoms with Gasteiger partial charge in [-0.25, -0.2) is 8.75 Å². The lowest BCUT2D eigenvalue weighted by molar-refractivity contribution is 0.803. The van der Waals surface area contributed by atoms with Gasteiger partial charge >= 0.3 is 0 Å². The molecule has 0 bridgehead atoms. The van der Waals surface area contributed by atoms with Crippen LogP contribution in [0.2, 0.25) is 0 Å². The third-order valence-electron chi connectivity index (χ3n) is 11.9. The highest BCUT2D eigenvalue weighted by atomic mass is 32.3. The second kappa shape index (κ2) is 9.50. The van der Waals surface area contributed by atoms with E-state index in [1.54, 1.807) is 0 Å². The Morgan fingerprint density at radius 2 is 1.16 bits per heavy atom. The van der Waals surface area contributed by atoms with Crippen molar-refractivity contribution < 1.29 is 0 Å². The highest BCUT2D eigenvalue weighted by Crippen LogP contribution is 2.75. The average Bonchev–Trinajstić information content (AvgIpc) is 3.60. The Balaban J connectivity index is 1.20. The number of benzene rings is 7. The summed E-state index contributed by atoms with van der Waals surface area (Å²) < 4.78 is 2.54. The van der Waals surface area contributed by atoms with Crippen molar-refractivity contribution in [2.24, 2.45) is 0 Å². The van der Waals surface area contributed by atoms with Crippen LogP contribution in [0.25, 0.3) is 55.0 Å². The van der Waals surface area contributed by atoms with Crippen LogP contribution in [0.4, 0.5) is 0 Å². The monoisotopic (exact) mass is 657 g/mol. The average molecular weight is 658 g/mol. The maximum Gasteiger partial charge on any atom is 0.0796 e. The number of rotatable bonds is 2. The second-order valence-electron chi connectivity index (χ2n) is 14.7. The molecule has 0 aliphatic carbocycles. The summed E-state index contributed by atoms with van der Waals surface area (Å²) in [5, 5.41) is 7.79. The first kappa shape index (κ1) is 28.2. The van der Waals surface area contributed by atoms with E-state index >= 15 is 0 Å². The molecule has 0 fully saturated rings. The first-order chi connectivity index (χ1) is 24.5. The molecular formula is C48H35NS. The van der Waals surface area contributed by atoms with Gasteiger partial charge in [0.2, 0.25) is 0 Å². The van der Waals surface area contributed by atoms with Crippen molar-refractivity contribution in [3.05, 3.63) is 198 Å². The van der Waals surface area contributed by atoms with Gasteiger partial charge in [-0.1, -0.05) is 140 Å². The van der Waals surface area contributed by atoms with E-state index in [2.05, 4.69) is 192 Å². The molecule has 7 aromatic carbocycles. The van der Waals surface area contributed by atoms with E-state index in [4.69, 9.17) is 0 Å². The second-order valence-corrected chi connectivity index (χ2v) is 19.9. The van der Waals surface area contributed by atoms with Crippen LogP contribution in [0, 0.1) is 0 Å². The Morgan fingerprint density at radius 3 is 2.04 bits per heavy atom. The minimum atomic E-state index is -2.42. The largest absolute Gasteiger partial charge is 0.309 e. The summed E-state index contributed by atoms with van der Waals surface area (Å²) in [4.78, 5) is 3.00. The van der Waals surface area contributed by atoms with Crippen LogP contribution in [0.1, 0.15) is 22.3 Å². The lowest BCUT2D eigenvalue weighted by Crippen LogP contribution is -2.40. The fraction of sp³-hybridized carbons (Fsp3) is 0.0625. The van der Waals surface area contributed by atoms with Crippen LogP contribution in [-0.4, -0.2) is 21.9 Å². The van der Waals surface area contributed by atoms with Crippen molar-refractivity contribution >= 4 is 51.8 Å². The first-order valence-corrected chi connectivity index (χ1v) is 20.4. The molecule has 1 aromatic heterocycles.